The number of anilines is 2. The molecule has 0 bridgehead atoms. The highest BCUT2D eigenvalue weighted by Gasteiger charge is 2.47. The molecule has 44 heavy (non-hydrogen) atoms. The fourth-order valence-electron chi connectivity index (χ4n) is 5.45. The van der Waals surface area contributed by atoms with Crippen LogP contribution in [-0.4, -0.2) is 40.7 Å². The fourth-order valence-corrected chi connectivity index (χ4v) is 5.85. The molecule has 5 rings (SSSR count). The summed E-state index contributed by atoms with van der Waals surface area (Å²) in [4.78, 5) is 47.2. The maximum Gasteiger partial charge on any atom is 0.252 e. The Bertz CT molecular complexity index is 1660. The zero-order valence-electron chi connectivity index (χ0n) is 22.7. The molecule has 2 atom stereocenters. The van der Waals surface area contributed by atoms with Crippen molar-refractivity contribution in [1.82, 2.24) is 10.3 Å². The Hall–Kier alpha value is -4.21. The first kappa shape index (κ1) is 31.2. The molecule has 228 valence electrons. The Balaban J connectivity index is 1.57. The van der Waals surface area contributed by atoms with E-state index < -0.39 is 66.8 Å². The normalized spacial score (nSPS) is 18.3. The summed E-state index contributed by atoms with van der Waals surface area (Å²) < 4.78 is 56.3. The maximum absolute atomic E-state index is 14.5. The second-order valence-corrected chi connectivity index (χ2v) is 11.4. The zero-order chi connectivity index (χ0) is 31.8. The number of rotatable bonds is 8. The molecular weight excluding hydrogens is 625 g/mol. The molecular formula is C30H23Cl2F4N5O3. The van der Waals surface area contributed by atoms with Crippen LogP contribution in [0.2, 0.25) is 10.0 Å². The van der Waals surface area contributed by atoms with Crippen molar-refractivity contribution in [2.45, 2.75) is 56.2 Å². The van der Waals surface area contributed by atoms with Gasteiger partial charge in [-0.1, -0.05) is 23.2 Å². The van der Waals surface area contributed by atoms with E-state index in [-0.39, 0.29) is 51.4 Å². The van der Waals surface area contributed by atoms with Gasteiger partial charge in [-0.05, 0) is 48.9 Å². The summed E-state index contributed by atoms with van der Waals surface area (Å²) in [5.41, 5.74) is -0.155. The molecule has 1 saturated carbocycles. The highest BCUT2D eigenvalue weighted by atomic mass is 35.5. The summed E-state index contributed by atoms with van der Waals surface area (Å²) in [7, 11) is 0. The molecule has 1 N–H and O–H groups in total. The van der Waals surface area contributed by atoms with Crippen LogP contribution in [0.15, 0.2) is 54.7 Å². The van der Waals surface area contributed by atoms with Crippen molar-refractivity contribution >= 4 is 52.4 Å². The number of hydrogen-bond donors (Lipinski definition) is 1. The number of aromatic nitrogens is 1. The first-order chi connectivity index (χ1) is 20.8. The second-order valence-electron chi connectivity index (χ2n) is 10.6. The lowest BCUT2D eigenvalue weighted by molar-refractivity contribution is -0.133. The third-order valence-electron chi connectivity index (χ3n) is 7.45. The van der Waals surface area contributed by atoms with Gasteiger partial charge < -0.3 is 5.32 Å². The van der Waals surface area contributed by atoms with Crippen molar-refractivity contribution in [3.05, 3.63) is 87.5 Å². The van der Waals surface area contributed by atoms with Crippen LogP contribution in [-0.2, 0) is 14.4 Å². The SMILES string of the molecule is N#Cc1ccnc(N2C(=O)CCC2CC(=O)N(c2cc(F)cc(F)c2)C(C(=O)NC2CC(F)(F)C2)c2cc(Cl)ccc2Cl)c1. The average molecular weight is 648 g/mol. The largest absolute Gasteiger partial charge is 0.351 e. The molecule has 2 aromatic carbocycles. The van der Waals surface area contributed by atoms with E-state index in [2.05, 4.69) is 10.3 Å². The Morgan fingerprint density at radius 1 is 1.11 bits per heavy atom. The molecule has 8 nitrogen and oxygen atoms in total. The second kappa shape index (κ2) is 12.4. The van der Waals surface area contributed by atoms with E-state index in [0.29, 0.717) is 6.07 Å². The summed E-state index contributed by atoms with van der Waals surface area (Å²) in [5, 5.41) is 11.9. The minimum atomic E-state index is -2.97. The van der Waals surface area contributed by atoms with Gasteiger partial charge in [0.05, 0.1) is 17.3 Å². The number of nitrogens with zero attached hydrogens (tertiary/aromatic N) is 4. The fraction of sp³-hybridized carbons (Fsp3) is 0.300. The van der Waals surface area contributed by atoms with E-state index >= 15 is 0 Å². The van der Waals surface area contributed by atoms with Gasteiger partial charge in [-0.3, -0.25) is 24.2 Å². The van der Waals surface area contributed by atoms with Crippen LogP contribution in [0.25, 0.3) is 0 Å². The van der Waals surface area contributed by atoms with Gasteiger partial charge in [-0.2, -0.15) is 5.26 Å². The molecule has 3 amide bonds. The lowest BCUT2D eigenvalue weighted by Gasteiger charge is -2.38. The van der Waals surface area contributed by atoms with E-state index in [1.807, 2.05) is 6.07 Å². The number of nitriles is 1. The molecule has 0 radical (unpaired) electrons. The number of carbonyl (C=O) groups excluding carboxylic acids is 3. The highest BCUT2D eigenvalue weighted by Crippen LogP contribution is 2.40. The van der Waals surface area contributed by atoms with Crippen molar-refractivity contribution in [2.75, 3.05) is 9.80 Å². The summed E-state index contributed by atoms with van der Waals surface area (Å²) in [6.07, 6.45) is -0.126. The van der Waals surface area contributed by atoms with Crippen LogP contribution >= 0.6 is 23.2 Å². The van der Waals surface area contributed by atoms with Crippen molar-refractivity contribution in [3.8, 4) is 6.07 Å². The van der Waals surface area contributed by atoms with Crippen LogP contribution in [0.1, 0.15) is 49.3 Å². The van der Waals surface area contributed by atoms with Crippen LogP contribution in [0.5, 0.6) is 0 Å². The summed E-state index contributed by atoms with van der Waals surface area (Å²) in [5.74, 6) is -7.09. The monoisotopic (exact) mass is 647 g/mol. The van der Waals surface area contributed by atoms with Gasteiger partial charge in [0.2, 0.25) is 17.7 Å². The summed E-state index contributed by atoms with van der Waals surface area (Å²) in [6, 6.07) is 7.69. The quantitative estimate of drug-likeness (QED) is 0.297. The van der Waals surface area contributed by atoms with Gasteiger partial charge in [0.1, 0.15) is 23.5 Å². The van der Waals surface area contributed by atoms with E-state index in [0.717, 1.165) is 17.0 Å². The first-order valence-corrected chi connectivity index (χ1v) is 14.2. The van der Waals surface area contributed by atoms with Crippen LogP contribution in [0.4, 0.5) is 29.1 Å². The van der Waals surface area contributed by atoms with Crippen LogP contribution in [0.3, 0.4) is 0 Å². The minimum Gasteiger partial charge on any atom is -0.351 e. The number of alkyl halides is 2. The predicted octanol–water partition coefficient (Wildman–Crippen LogP) is 6.11. The lowest BCUT2D eigenvalue weighted by atomic mass is 9.87. The number of amides is 3. The van der Waals surface area contributed by atoms with Gasteiger partial charge >= 0.3 is 0 Å². The predicted molar refractivity (Wildman–Crippen MR) is 153 cm³/mol. The molecule has 2 fully saturated rings. The van der Waals surface area contributed by atoms with Crippen LogP contribution in [0, 0.1) is 23.0 Å². The topological polar surface area (TPSA) is 106 Å². The van der Waals surface area contributed by atoms with E-state index in [4.69, 9.17) is 23.2 Å². The Morgan fingerprint density at radius 2 is 1.82 bits per heavy atom. The summed E-state index contributed by atoms with van der Waals surface area (Å²) in [6.45, 7) is 0. The van der Waals surface area contributed by atoms with E-state index in [1.165, 1.54) is 41.4 Å². The number of pyridine rings is 1. The van der Waals surface area contributed by atoms with Crippen molar-refractivity contribution in [3.63, 3.8) is 0 Å². The molecule has 1 aromatic heterocycles. The van der Waals surface area contributed by atoms with E-state index in [9.17, 15) is 37.2 Å². The smallest absolute Gasteiger partial charge is 0.252 e. The average Bonchev–Trinajstić information content (AvgIpc) is 3.30. The first-order valence-electron chi connectivity index (χ1n) is 13.4. The molecule has 1 saturated heterocycles. The Labute approximate surface area is 259 Å². The third-order valence-corrected chi connectivity index (χ3v) is 8.03. The third kappa shape index (κ3) is 6.64. The van der Waals surface area contributed by atoms with Crippen LogP contribution < -0.4 is 15.1 Å². The molecule has 3 aromatic rings. The Kier molecular flexibility index (Phi) is 8.81. The number of carbonyl (C=O) groups is 3. The van der Waals surface area contributed by atoms with Gasteiger partial charge in [-0.15, -0.1) is 0 Å². The van der Waals surface area contributed by atoms with Gasteiger partial charge in [-0.25, -0.2) is 22.5 Å². The summed E-state index contributed by atoms with van der Waals surface area (Å²) >= 11 is 12.7. The molecule has 2 heterocycles. The van der Waals surface area contributed by atoms with Gasteiger partial charge in [0, 0.05) is 65.6 Å². The number of benzene rings is 2. The molecule has 1 aliphatic heterocycles. The molecule has 0 spiro atoms. The number of nitrogens with one attached hydrogen (secondary N) is 1. The van der Waals surface area contributed by atoms with Gasteiger partial charge in [0.15, 0.2) is 0 Å². The standard InChI is InChI=1S/C30H23Cl2F4N5O3/c31-17-1-3-24(32)23(8-17)28(29(44)39-20-13-30(35,36)14-20)41(22-10-18(33)9-19(34)11-22)27(43)12-21-2-4-26(42)40(21)25-7-16(15-37)5-6-38-25/h1,3,5-11,20-21,28H,2,4,12-14H2,(H,39,44). The molecule has 1 aliphatic carbocycles. The molecule has 2 aliphatic rings. The van der Waals surface area contributed by atoms with Crippen molar-refractivity contribution in [1.29, 1.82) is 5.26 Å². The van der Waals surface area contributed by atoms with Crippen molar-refractivity contribution in [2.24, 2.45) is 0 Å². The molecule has 2 unspecified atom stereocenters. The maximum atomic E-state index is 14.5. The van der Waals surface area contributed by atoms with E-state index in [1.54, 1.807) is 0 Å². The number of hydrogen-bond acceptors (Lipinski definition) is 5. The minimum absolute atomic E-state index is 0.0245. The zero-order valence-corrected chi connectivity index (χ0v) is 24.3. The lowest BCUT2D eigenvalue weighted by Crippen LogP contribution is -2.54. The molecule has 14 heteroatoms. The van der Waals surface area contributed by atoms with Gasteiger partial charge in [0.25, 0.3) is 5.92 Å². The van der Waals surface area contributed by atoms with Crippen molar-refractivity contribution < 1.29 is 31.9 Å². The Morgan fingerprint density at radius 3 is 2.48 bits per heavy atom. The number of halogens is 6. The highest BCUT2D eigenvalue weighted by molar-refractivity contribution is 6.34.